The lowest BCUT2D eigenvalue weighted by Gasteiger charge is -2.62. The molecule has 0 saturated heterocycles. The minimum Gasteiger partial charge on any atom is -0.393 e. The maximum atomic E-state index is 12.2. The molecule has 0 spiro atoms. The van der Waals surface area contributed by atoms with Crippen molar-refractivity contribution in [3.8, 4) is 0 Å². The van der Waals surface area contributed by atoms with Gasteiger partial charge in [0, 0.05) is 11.3 Å². The highest BCUT2D eigenvalue weighted by Crippen LogP contribution is 2.68. The predicted octanol–water partition coefficient (Wildman–Crippen LogP) is 3.96. The number of rotatable bonds is 1. The van der Waals surface area contributed by atoms with Crippen LogP contribution in [-0.2, 0) is 4.79 Å². The number of carbonyl (C=O) groups is 1. The number of hydrogen-bond donors (Lipinski definition) is 2. The maximum absolute atomic E-state index is 12.2. The lowest BCUT2D eigenvalue weighted by atomic mass is 9.43. The van der Waals surface area contributed by atoms with E-state index in [1.807, 2.05) is 6.92 Å². The van der Waals surface area contributed by atoms with E-state index in [4.69, 9.17) is 0 Å². The largest absolute Gasteiger partial charge is 0.393 e. The number of carbonyl (C=O) groups excluding carboxylic acids is 1. The van der Waals surface area contributed by atoms with Crippen molar-refractivity contribution < 1.29 is 15.0 Å². The van der Waals surface area contributed by atoms with Gasteiger partial charge < -0.3 is 10.2 Å². The van der Waals surface area contributed by atoms with Gasteiger partial charge in [0.25, 0.3) is 0 Å². The third kappa shape index (κ3) is 2.41. The molecule has 0 aromatic rings. The Bertz CT molecular complexity index is 570. The van der Waals surface area contributed by atoms with Crippen molar-refractivity contribution in [1.29, 1.82) is 0 Å². The van der Waals surface area contributed by atoms with Gasteiger partial charge in [-0.1, -0.05) is 13.8 Å². The summed E-state index contributed by atoms with van der Waals surface area (Å²) in [5, 5.41) is 21.8. The van der Waals surface area contributed by atoms with Gasteiger partial charge in [0.2, 0.25) is 0 Å². The molecule has 25 heavy (non-hydrogen) atoms. The summed E-state index contributed by atoms with van der Waals surface area (Å²) in [6.07, 6.45) is 7.89. The van der Waals surface area contributed by atoms with Crippen LogP contribution in [0.1, 0.15) is 79.1 Å². The smallest absolute Gasteiger partial charge is 0.133 e. The van der Waals surface area contributed by atoms with E-state index in [0.717, 1.165) is 38.5 Å². The van der Waals surface area contributed by atoms with Crippen LogP contribution in [0.5, 0.6) is 0 Å². The summed E-state index contributed by atoms with van der Waals surface area (Å²) in [6.45, 7) is 8.37. The Hall–Kier alpha value is -0.410. The molecule has 0 amide bonds. The molecule has 0 bridgehead atoms. The summed E-state index contributed by atoms with van der Waals surface area (Å²) in [5.41, 5.74) is -0.468. The summed E-state index contributed by atoms with van der Waals surface area (Å²) in [6, 6.07) is 0. The van der Waals surface area contributed by atoms with Crippen LogP contribution >= 0.6 is 0 Å². The van der Waals surface area contributed by atoms with E-state index >= 15 is 0 Å². The molecule has 0 radical (unpaired) electrons. The maximum Gasteiger partial charge on any atom is 0.133 e. The van der Waals surface area contributed by atoms with E-state index in [2.05, 4.69) is 13.8 Å². The minimum atomic E-state index is -0.508. The molecule has 4 rings (SSSR count). The first-order valence-corrected chi connectivity index (χ1v) is 10.5. The Balaban J connectivity index is 1.66. The first-order valence-electron chi connectivity index (χ1n) is 10.5. The highest BCUT2D eigenvalue weighted by Gasteiger charge is 2.64. The molecule has 0 aromatic heterocycles. The fourth-order valence-corrected chi connectivity index (χ4v) is 8.06. The van der Waals surface area contributed by atoms with Crippen LogP contribution in [0.3, 0.4) is 0 Å². The first-order chi connectivity index (χ1) is 11.6. The van der Waals surface area contributed by atoms with Gasteiger partial charge in [-0.15, -0.1) is 0 Å². The topological polar surface area (TPSA) is 57.5 Å². The lowest BCUT2D eigenvalue weighted by Crippen LogP contribution is -2.59. The quantitative estimate of drug-likeness (QED) is 0.754. The van der Waals surface area contributed by atoms with Crippen LogP contribution in [0, 0.1) is 40.4 Å². The van der Waals surface area contributed by atoms with Gasteiger partial charge in [0.1, 0.15) is 5.78 Å². The van der Waals surface area contributed by atoms with Gasteiger partial charge in [-0.2, -0.15) is 0 Å². The second-order valence-corrected chi connectivity index (χ2v) is 10.7. The molecule has 9 atom stereocenters. The van der Waals surface area contributed by atoms with Gasteiger partial charge in [0.05, 0.1) is 11.7 Å². The number of Topliss-reactive ketones (excluding diaryl/α,β-unsaturated/α-hetero) is 1. The molecule has 2 N–H and O–H groups in total. The van der Waals surface area contributed by atoms with Crippen LogP contribution in [0.25, 0.3) is 0 Å². The van der Waals surface area contributed by atoms with Crippen molar-refractivity contribution in [1.82, 2.24) is 0 Å². The van der Waals surface area contributed by atoms with Crippen LogP contribution in [-0.4, -0.2) is 27.7 Å². The van der Waals surface area contributed by atoms with Gasteiger partial charge in [-0.3, -0.25) is 4.79 Å². The molecule has 4 aliphatic carbocycles. The van der Waals surface area contributed by atoms with Crippen LogP contribution in [0.4, 0.5) is 0 Å². The molecular formula is C22H36O3. The van der Waals surface area contributed by atoms with Crippen molar-refractivity contribution in [3.63, 3.8) is 0 Å². The summed E-state index contributed by atoms with van der Waals surface area (Å²) in [4.78, 5) is 12.2. The normalized spacial score (nSPS) is 58.2. The van der Waals surface area contributed by atoms with Crippen LogP contribution < -0.4 is 0 Å². The fraction of sp³-hybridized carbons (Fsp3) is 0.955. The van der Waals surface area contributed by atoms with Crippen molar-refractivity contribution in [2.24, 2.45) is 40.4 Å². The molecule has 3 nitrogen and oxygen atoms in total. The molecule has 3 heteroatoms. The van der Waals surface area contributed by atoms with Crippen molar-refractivity contribution >= 4 is 5.78 Å². The number of aliphatic hydroxyl groups excluding tert-OH is 1. The zero-order chi connectivity index (χ0) is 18.2. The summed E-state index contributed by atoms with van der Waals surface area (Å²) < 4.78 is 0. The third-order valence-electron chi connectivity index (χ3n) is 9.55. The number of hydrogen-bond acceptors (Lipinski definition) is 3. The average Bonchev–Trinajstić information content (AvgIpc) is 2.88. The first kappa shape index (κ1) is 18.0. The van der Waals surface area contributed by atoms with Crippen LogP contribution in [0.15, 0.2) is 0 Å². The molecule has 142 valence electrons. The molecule has 0 unspecified atom stereocenters. The van der Waals surface area contributed by atoms with E-state index in [0.29, 0.717) is 23.7 Å². The highest BCUT2D eigenvalue weighted by molar-refractivity contribution is 5.79. The highest BCUT2D eigenvalue weighted by atomic mass is 16.3. The van der Waals surface area contributed by atoms with Gasteiger partial charge in [-0.25, -0.2) is 0 Å². The number of ketones is 1. The lowest BCUT2D eigenvalue weighted by molar-refractivity contribution is -0.182. The van der Waals surface area contributed by atoms with Crippen molar-refractivity contribution in [2.75, 3.05) is 0 Å². The van der Waals surface area contributed by atoms with E-state index in [9.17, 15) is 15.0 Å². The van der Waals surface area contributed by atoms with Crippen molar-refractivity contribution in [2.45, 2.75) is 90.8 Å². The van der Waals surface area contributed by atoms with E-state index in [1.54, 1.807) is 6.92 Å². The Morgan fingerprint density at radius 3 is 2.40 bits per heavy atom. The monoisotopic (exact) mass is 348 g/mol. The Morgan fingerprint density at radius 1 is 1.00 bits per heavy atom. The van der Waals surface area contributed by atoms with Crippen molar-refractivity contribution in [3.05, 3.63) is 0 Å². The molecule has 4 saturated carbocycles. The molecule has 0 aliphatic heterocycles. The SMILES string of the molecule is CC(=O)[C@H]1CC[C@H]2[C@@H]3CC[C@H]4C[C@](C)(O)CC[C@]4(C)[C@H]3C[C@@H](O)[C@]12C. The number of aliphatic hydroxyl groups is 2. The second-order valence-electron chi connectivity index (χ2n) is 10.7. The molecule has 0 aromatic carbocycles. The van der Waals surface area contributed by atoms with Gasteiger partial charge in [0.15, 0.2) is 0 Å². The van der Waals surface area contributed by atoms with Gasteiger partial charge >= 0.3 is 0 Å². The summed E-state index contributed by atoms with van der Waals surface area (Å²) in [7, 11) is 0. The standard InChI is InChI=1S/C22H36O3/c1-13(23)16-7-8-17-15-6-5-14-12-20(2,25)9-10-21(14,3)18(15)11-19(24)22(16,17)4/h14-19,24-25H,5-12H2,1-4H3/t14-,15-,16+,17-,18-,19+,20+,21-,22+/m0/s1. The molecule has 4 aliphatic rings. The molecular weight excluding hydrogens is 312 g/mol. The zero-order valence-electron chi connectivity index (χ0n) is 16.4. The van der Waals surface area contributed by atoms with Gasteiger partial charge in [-0.05, 0) is 94.3 Å². The zero-order valence-corrected chi connectivity index (χ0v) is 16.4. The minimum absolute atomic E-state index is 0.0473. The average molecular weight is 349 g/mol. The third-order valence-corrected chi connectivity index (χ3v) is 9.55. The van der Waals surface area contributed by atoms with E-state index < -0.39 is 5.60 Å². The van der Waals surface area contributed by atoms with Crippen LogP contribution in [0.2, 0.25) is 0 Å². The Labute approximate surface area is 152 Å². The Morgan fingerprint density at radius 2 is 1.72 bits per heavy atom. The molecule has 4 fully saturated rings. The summed E-state index contributed by atoms with van der Waals surface area (Å²) in [5.74, 6) is 2.61. The number of fused-ring (bicyclic) bond motifs is 5. The van der Waals surface area contributed by atoms with E-state index in [1.165, 1.54) is 12.8 Å². The fourth-order valence-electron chi connectivity index (χ4n) is 8.06. The predicted molar refractivity (Wildman–Crippen MR) is 97.9 cm³/mol. The molecule has 0 heterocycles. The second kappa shape index (κ2) is 5.55. The Kier molecular flexibility index (Phi) is 3.99. The van der Waals surface area contributed by atoms with E-state index in [-0.39, 0.29) is 28.6 Å². The summed E-state index contributed by atoms with van der Waals surface area (Å²) >= 11 is 0.